The lowest BCUT2D eigenvalue weighted by Gasteiger charge is -2.23. The molecule has 8 heteroatoms. The molecule has 0 N–H and O–H groups in total. The summed E-state index contributed by atoms with van der Waals surface area (Å²) in [5.74, 6) is 1.74. The van der Waals surface area contributed by atoms with Crippen molar-refractivity contribution in [2.75, 3.05) is 38.2 Å². The maximum absolute atomic E-state index is 6.02. The molecule has 0 aliphatic carbocycles. The minimum atomic E-state index is 0.691. The summed E-state index contributed by atoms with van der Waals surface area (Å²) in [6, 6.07) is 16.0. The second-order valence-electron chi connectivity index (χ2n) is 7.47. The Hall–Kier alpha value is -2.35. The van der Waals surface area contributed by atoms with Crippen molar-refractivity contribution >= 4 is 29.5 Å². The Morgan fingerprint density at radius 1 is 1.00 bits per heavy atom. The Labute approximate surface area is 187 Å². The van der Waals surface area contributed by atoms with Crippen LogP contribution in [0.4, 0.5) is 5.69 Å². The lowest BCUT2D eigenvalue weighted by molar-refractivity contribution is 0.219. The minimum Gasteiger partial charge on any atom is -0.497 e. The van der Waals surface area contributed by atoms with Crippen LogP contribution in [0.1, 0.15) is 6.42 Å². The molecule has 0 bridgehead atoms. The second-order valence-corrected chi connectivity index (χ2v) is 8.27. The number of benzene rings is 2. The summed E-state index contributed by atoms with van der Waals surface area (Å²) >= 11 is 11.7. The van der Waals surface area contributed by atoms with Gasteiger partial charge in [-0.25, -0.2) is 4.68 Å². The summed E-state index contributed by atoms with van der Waals surface area (Å²) < 4.78 is 9.87. The van der Waals surface area contributed by atoms with Crippen molar-refractivity contribution in [2.45, 2.75) is 13.1 Å². The van der Waals surface area contributed by atoms with Gasteiger partial charge in [-0.05, 0) is 67.2 Å². The Kier molecular flexibility index (Phi) is 6.41. The first-order valence-corrected chi connectivity index (χ1v) is 10.8. The molecule has 0 amide bonds. The van der Waals surface area contributed by atoms with Crippen molar-refractivity contribution in [1.29, 1.82) is 0 Å². The predicted octanol–water partition coefficient (Wildman–Crippen LogP) is 4.45. The molecule has 6 nitrogen and oxygen atoms in total. The summed E-state index contributed by atoms with van der Waals surface area (Å²) in [5, 5.41) is 5.51. The van der Waals surface area contributed by atoms with E-state index in [4.69, 9.17) is 33.7 Å². The third kappa shape index (κ3) is 4.53. The van der Waals surface area contributed by atoms with Gasteiger partial charge in [0.05, 0.1) is 13.8 Å². The molecule has 0 unspecified atom stereocenters. The number of anilines is 1. The second kappa shape index (κ2) is 9.20. The van der Waals surface area contributed by atoms with E-state index in [0.717, 1.165) is 54.5 Å². The van der Waals surface area contributed by atoms with Crippen molar-refractivity contribution in [2.24, 2.45) is 7.05 Å². The summed E-state index contributed by atoms with van der Waals surface area (Å²) in [4.78, 5) is 4.84. The third-order valence-corrected chi connectivity index (χ3v) is 6.24. The zero-order valence-corrected chi connectivity index (χ0v) is 18.9. The first-order valence-electron chi connectivity index (χ1n) is 10.1. The fourth-order valence-corrected chi connectivity index (χ4v) is 4.09. The maximum Gasteiger partial charge on any atom is 0.199 e. The van der Waals surface area contributed by atoms with Gasteiger partial charge < -0.3 is 14.2 Å². The normalized spacial score (nSPS) is 15.2. The van der Waals surface area contributed by atoms with Gasteiger partial charge in [0.1, 0.15) is 5.75 Å². The van der Waals surface area contributed by atoms with E-state index >= 15 is 0 Å². The van der Waals surface area contributed by atoms with Gasteiger partial charge in [0.2, 0.25) is 0 Å². The molecule has 158 valence electrons. The molecule has 1 aliphatic rings. The SMILES string of the molecule is COc1ccc(N2CCCN(Cn3nc(-c4ccc(Cl)cc4)n(C)c3=S)CC2)cc1. The number of hydrogen-bond donors (Lipinski definition) is 0. The molecular formula is C22H26ClN5OS. The van der Waals surface area contributed by atoms with Crippen LogP contribution in [0.25, 0.3) is 11.4 Å². The number of hydrogen-bond acceptors (Lipinski definition) is 5. The lowest BCUT2D eigenvalue weighted by atomic mass is 10.2. The Morgan fingerprint density at radius 3 is 2.43 bits per heavy atom. The molecule has 0 saturated carbocycles. The van der Waals surface area contributed by atoms with Crippen LogP contribution in [0.2, 0.25) is 5.02 Å². The Balaban J connectivity index is 1.45. The smallest absolute Gasteiger partial charge is 0.199 e. The predicted molar refractivity (Wildman–Crippen MR) is 124 cm³/mol. The highest BCUT2D eigenvalue weighted by molar-refractivity contribution is 7.71. The van der Waals surface area contributed by atoms with E-state index in [-0.39, 0.29) is 0 Å². The molecule has 1 saturated heterocycles. The number of ether oxygens (including phenoxy) is 1. The lowest BCUT2D eigenvalue weighted by Crippen LogP contribution is -2.32. The van der Waals surface area contributed by atoms with Gasteiger partial charge in [0.25, 0.3) is 0 Å². The molecule has 0 spiro atoms. The molecule has 3 aromatic rings. The van der Waals surface area contributed by atoms with Gasteiger partial charge in [-0.3, -0.25) is 4.90 Å². The van der Waals surface area contributed by atoms with Crippen molar-refractivity contribution in [3.8, 4) is 17.1 Å². The monoisotopic (exact) mass is 443 g/mol. The van der Waals surface area contributed by atoms with Gasteiger partial charge in [0.15, 0.2) is 10.6 Å². The van der Waals surface area contributed by atoms with Crippen LogP contribution in [0.3, 0.4) is 0 Å². The van der Waals surface area contributed by atoms with Crippen LogP contribution in [-0.4, -0.2) is 52.5 Å². The fourth-order valence-electron chi connectivity index (χ4n) is 3.78. The van der Waals surface area contributed by atoms with Crippen LogP contribution in [0.5, 0.6) is 5.75 Å². The molecule has 2 aromatic carbocycles. The summed E-state index contributed by atoms with van der Waals surface area (Å²) in [6.45, 7) is 4.67. The van der Waals surface area contributed by atoms with Crippen LogP contribution in [-0.2, 0) is 13.7 Å². The standard InChI is InChI=1S/C22H26ClN5OS/c1-25-21(17-4-6-18(23)7-5-17)24-28(22(25)30)16-26-12-3-13-27(15-14-26)19-8-10-20(29-2)11-9-19/h4-11H,3,12-16H2,1-2H3. The van der Waals surface area contributed by atoms with Crippen molar-refractivity contribution in [1.82, 2.24) is 19.2 Å². The maximum atomic E-state index is 6.02. The van der Waals surface area contributed by atoms with E-state index in [2.05, 4.69) is 21.9 Å². The van der Waals surface area contributed by atoms with E-state index in [9.17, 15) is 0 Å². The summed E-state index contributed by atoms with van der Waals surface area (Å²) in [7, 11) is 3.66. The largest absolute Gasteiger partial charge is 0.497 e. The van der Waals surface area contributed by atoms with Gasteiger partial charge in [-0.2, -0.15) is 5.10 Å². The van der Waals surface area contributed by atoms with Crippen molar-refractivity contribution in [3.63, 3.8) is 0 Å². The van der Waals surface area contributed by atoms with Crippen LogP contribution in [0, 0.1) is 4.77 Å². The van der Waals surface area contributed by atoms with E-state index in [1.807, 2.05) is 52.7 Å². The molecule has 1 aromatic heterocycles. The highest BCUT2D eigenvalue weighted by Crippen LogP contribution is 2.22. The minimum absolute atomic E-state index is 0.691. The molecular weight excluding hydrogens is 418 g/mol. The van der Waals surface area contributed by atoms with Crippen LogP contribution >= 0.6 is 23.8 Å². The Morgan fingerprint density at radius 2 is 1.73 bits per heavy atom. The average molecular weight is 444 g/mol. The van der Waals surface area contributed by atoms with Gasteiger partial charge >= 0.3 is 0 Å². The fraction of sp³-hybridized carbons (Fsp3) is 0.364. The highest BCUT2D eigenvalue weighted by Gasteiger charge is 2.18. The van der Waals surface area contributed by atoms with E-state index in [1.165, 1.54) is 5.69 Å². The third-order valence-electron chi connectivity index (χ3n) is 5.50. The van der Waals surface area contributed by atoms with Crippen molar-refractivity contribution < 1.29 is 4.74 Å². The first kappa shape index (κ1) is 20.9. The van der Waals surface area contributed by atoms with Gasteiger partial charge in [0, 0.05) is 49.5 Å². The topological polar surface area (TPSA) is 38.5 Å². The van der Waals surface area contributed by atoms with E-state index < -0.39 is 0 Å². The molecule has 0 radical (unpaired) electrons. The number of rotatable bonds is 5. The number of halogens is 1. The zero-order valence-electron chi connectivity index (χ0n) is 17.3. The van der Waals surface area contributed by atoms with E-state index in [0.29, 0.717) is 11.7 Å². The molecule has 1 aliphatic heterocycles. The number of aromatic nitrogens is 3. The quantitative estimate of drug-likeness (QED) is 0.545. The van der Waals surface area contributed by atoms with Crippen LogP contribution < -0.4 is 9.64 Å². The van der Waals surface area contributed by atoms with Gasteiger partial charge in [-0.15, -0.1) is 0 Å². The van der Waals surface area contributed by atoms with Gasteiger partial charge in [-0.1, -0.05) is 11.6 Å². The molecule has 1 fully saturated rings. The molecule has 2 heterocycles. The average Bonchev–Trinajstić information content (AvgIpc) is 2.93. The molecule has 30 heavy (non-hydrogen) atoms. The molecule has 4 rings (SSSR count). The van der Waals surface area contributed by atoms with Crippen molar-refractivity contribution in [3.05, 3.63) is 58.3 Å². The summed E-state index contributed by atoms with van der Waals surface area (Å²) in [6.07, 6.45) is 1.09. The van der Waals surface area contributed by atoms with Crippen LogP contribution in [0.15, 0.2) is 48.5 Å². The summed E-state index contributed by atoms with van der Waals surface area (Å²) in [5.41, 5.74) is 2.24. The zero-order chi connectivity index (χ0) is 21.1. The van der Waals surface area contributed by atoms with E-state index in [1.54, 1.807) is 7.11 Å². The molecule has 0 atom stereocenters. The Bertz CT molecular complexity index is 1040. The number of nitrogens with zero attached hydrogens (tertiary/aromatic N) is 5. The number of methoxy groups -OCH3 is 1. The first-order chi connectivity index (χ1) is 14.5. The highest BCUT2D eigenvalue weighted by atomic mass is 35.5.